The summed E-state index contributed by atoms with van der Waals surface area (Å²) in [6.07, 6.45) is 2.61. The minimum Gasteiger partial charge on any atom is -0.478 e. The van der Waals surface area contributed by atoms with Crippen molar-refractivity contribution in [3.05, 3.63) is 35.4 Å². The van der Waals surface area contributed by atoms with Crippen LogP contribution in [0.1, 0.15) is 35.2 Å². The van der Waals surface area contributed by atoms with Gasteiger partial charge in [0.25, 0.3) is 0 Å². The second-order valence-electron chi connectivity index (χ2n) is 5.71. The maximum atomic E-state index is 12.0. The third-order valence-electron chi connectivity index (χ3n) is 3.83. The fourth-order valence-electron chi connectivity index (χ4n) is 2.46. The Morgan fingerprint density at radius 1 is 1.35 bits per heavy atom. The highest BCUT2D eigenvalue weighted by Gasteiger charge is 2.16. The fraction of sp³-hybridized carbons (Fsp3) is 0.529. The molecule has 1 aliphatic heterocycles. The summed E-state index contributed by atoms with van der Waals surface area (Å²) in [7, 11) is 1.73. The van der Waals surface area contributed by atoms with Crippen molar-refractivity contribution in [2.75, 3.05) is 26.9 Å². The Morgan fingerprint density at radius 2 is 2.09 bits per heavy atom. The zero-order valence-electron chi connectivity index (χ0n) is 13.4. The standard InChI is InChI=1S/C17H23NO5/c1-18(11-13-4-6-14(7-5-13)17(20)21)16(19)8-10-22-12-15-3-2-9-23-15/h4-7,15H,2-3,8-12H2,1H3,(H,20,21). The molecule has 0 aromatic heterocycles. The smallest absolute Gasteiger partial charge is 0.335 e. The summed E-state index contributed by atoms with van der Waals surface area (Å²) in [5, 5.41) is 8.86. The Kier molecular flexibility index (Phi) is 6.55. The number of benzene rings is 1. The Balaban J connectivity index is 1.68. The lowest BCUT2D eigenvalue weighted by atomic mass is 10.1. The van der Waals surface area contributed by atoms with Crippen molar-refractivity contribution in [3.8, 4) is 0 Å². The number of nitrogens with zero attached hydrogens (tertiary/aromatic N) is 1. The molecule has 1 amide bonds. The number of amides is 1. The third kappa shape index (κ3) is 5.65. The van der Waals surface area contributed by atoms with Crippen LogP contribution in [0.4, 0.5) is 0 Å². The number of hydrogen-bond acceptors (Lipinski definition) is 4. The number of carboxylic acid groups (broad SMARTS) is 1. The predicted molar refractivity (Wildman–Crippen MR) is 84.3 cm³/mol. The lowest BCUT2D eigenvalue weighted by Crippen LogP contribution is -2.27. The van der Waals surface area contributed by atoms with Gasteiger partial charge in [0.05, 0.1) is 31.3 Å². The molecule has 6 heteroatoms. The second kappa shape index (κ2) is 8.64. The number of aromatic carboxylic acids is 1. The van der Waals surface area contributed by atoms with E-state index in [1.54, 1.807) is 36.2 Å². The number of rotatable bonds is 8. The van der Waals surface area contributed by atoms with Crippen LogP contribution in [0.3, 0.4) is 0 Å². The van der Waals surface area contributed by atoms with Crippen LogP contribution in [0.25, 0.3) is 0 Å². The first kappa shape index (κ1) is 17.4. The van der Waals surface area contributed by atoms with Crippen molar-refractivity contribution < 1.29 is 24.2 Å². The molecule has 0 radical (unpaired) electrons. The van der Waals surface area contributed by atoms with E-state index in [2.05, 4.69) is 0 Å². The maximum Gasteiger partial charge on any atom is 0.335 e. The van der Waals surface area contributed by atoms with E-state index in [9.17, 15) is 9.59 Å². The summed E-state index contributed by atoms with van der Waals surface area (Å²) in [5.74, 6) is -0.955. The molecule has 1 aromatic rings. The average molecular weight is 321 g/mol. The predicted octanol–water partition coefficient (Wildman–Crippen LogP) is 1.93. The Bertz CT molecular complexity index is 522. The first-order chi connectivity index (χ1) is 11.1. The van der Waals surface area contributed by atoms with Gasteiger partial charge in [0.1, 0.15) is 0 Å². The van der Waals surface area contributed by atoms with Gasteiger partial charge in [0.2, 0.25) is 5.91 Å². The Labute approximate surface area is 136 Å². The summed E-state index contributed by atoms with van der Waals surface area (Å²) in [6.45, 7) is 2.19. The highest BCUT2D eigenvalue weighted by molar-refractivity contribution is 5.87. The molecule has 1 N–H and O–H groups in total. The zero-order valence-corrected chi connectivity index (χ0v) is 13.4. The van der Waals surface area contributed by atoms with Crippen molar-refractivity contribution in [2.45, 2.75) is 31.9 Å². The van der Waals surface area contributed by atoms with Crippen molar-refractivity contribution >= 4 is 11.9 Å². The number of ether oxygens (including phenoxy) is 2. The van der Waals surface area contributed by atoms with E-state index < -0.39 is 5.97 Å². The lowest BCUT2D eigenvalue weighted by Gasteiger charge is -2.18. The minimum atomic E-state index is -0.954. The molecule has 23 heavy (non-hydrogen) atoms. The van der Waals surface area contributed by atoms with Gasteiger partial charge in [0, 0.05) is 20.2 Å². The largest absolute Gasteiger partial charge is 0.478 e. The maximum absolute atomic E-state index is 12.0. The lowest BCUT2D eigenvalue weighted by molar-refractivity contribution is -0.131. The second-order valence-corrected chi connectivity index (χ2v) is 5.71. The van der Waals surface area contributed by atoms with E-state index in [4.69, 9.17) is 14.6 Å². The van der Waals surface area contributed by atoms with Crippen LogP contribution in [-0.2, 0) is 20.8 Å². The molecule has 1 saturated heterocycles. The van der Waals surface area contributed by atoms with Gasteiger partial charge in [-0.05, 0) is 30.5 Å². The topological polar surface area (TPSA) is 76.1 Å². The summed E-state index contributed by atoms with van der Waals surface area (Å²) in [4.78, 5) is 24.5. The molecule has 0 bridgehead atoms. The van der Waals surface area contributed by atoms with Crippen LogP contribution < -0.4 is 0 Å². The molecule has 1 atom stereocenters. The van der Waals surface area contributed by atoms with Gasteiger partial charge in [-0.1, -0.05) is 12.1 Å². The highest BCUT2D eigenvalue weighted by Crippen LogP contribution is 2.12. The van der Waals surface area contributed by atoms with Gasteiger partial charge in [-0.25, -0.2) is 4.79 Å². The van der Waals surface area contributed by atoms with E-state index >= 15 is 0 Å². The molecule has 2 rings (SSSR count). The van der Waals surface area contributed by atoms with Crippen LogP contribution >= 0.6 is 0 Å². The monoisotopic (exact) mass is 321 g/mol. The van der Waals surface area contributed by atoms with Crippen molar-refractivity contribution in [1.29, 1.82) is 0 Å². The van der Waals surface area contributed by atoms with Crippen molar-refractivity contribution in [3.63, 3.8) is 0 Å². The molecule has 126 valence electrons. The summed E-state index contributed by atoms with van der Waals surface area (Å²) < 4.78 is 10.9. The van der Waals surface area contributed by atoms with Crippen LogP contribution in [0, 0.1) is 0 Å². The van der Waals surface area contributed by atoms with E-state index in [0.717, 1.165) is 25.0 Å². The average Bonchev–Trinajstić information content (AvgIpc) is 3.05. The quantitative estimate of drug-likeness (QED) is 0.740. The molecule has 6 nitrogen and oxygen atoms in total. The van der Waals surface area contributed by atoms with E-state index in [1.807, 2.05) is 0 Å². The van der Waals surface area contributed by atoms with E-state index in [-0.39, 0.29) is 17.6 Å². The SMILES string of the molecule is CN(Cc1ccc(C(=O)O)cc1)C(=O)CCOCC1CCCO1. The van der Waals surface area contributed by atoms with Gasteiger partial charge in [0.15, 0.2) is 0 Å². The van der Waals surface area contributed by atoms with E-state index in [1.165, 1.54) is 0 Å². The van der Waals surface area contributed by atoms with Crippen molar-refractivity contribution in [1.82, 2.24) is 4.90 Å². The first-order valence-corrected chi connectivity index (χ1v) is 7.82. The summed E-state index contributed by atoms with van der Waals surface area (Å²) in [6, 6.07) is 6.53. The molecule has 1 fully saturated rings. The number of hydrogen-bond donors (Lipinski definition) is 1. The van der Waals surface area contributed by atoms with Gasteiger partial charge >= 0.3 is 5.97 Å². The molecular formula is C17H23NO5. The van der Waals surface area contributed by atoms with Gasteiger partial charge in [-0.3, -0.25) is 4.79 Å². The third-order valence-corrected chi connectivity index (χ3v) is 3.83. The van der Waals surface area contributed by atoms with Gasteiger partial charge in [-0.2, -0.15) is 0 Å². The highest BCUT2D eigenvalue weighted by atomic mass is 16.5. The Morgan fingerprint density at radius 3 is 2.70 bits per heavy atom. The van der Waals surface area contributed by atoms with Gasteiger partial charge < -0.3 is 19.5 Å². The normalized spacial score (nSPS) is 17.2. The molecule has 1 aromatic carbocycles. The molecule has 1 aliphatic rings. The van der Waals surface area contributed by atoms with Crippen molar-refractivity contribution in [2.24, 2.45) is 0 Å². The molecule has 1 unspecified atom stereocenters. The van der Waals surface area contributed by atoms with Crippen LogP contribution in [0.5, 0.6) is 0 Å². The minimum absolute atomic E-state index is 0.000323. The van der Waals surface area contributed by atoms with Crippen LogP contribution in [0.2, 0.25) is 0 Å². The fourth-order valence-corrected chi connectivity index (χ4v) is 2.46. The molecule has 0 saturated carbocycles. The molecule has 0 aliphatic carbocycles. The zero-order chi connectivity index (χ0) is 16.7. The molecule has 0 spiro atoms. The molecule has 1 heterocycles. The number of carbonyl (C=O) groups is 2. The number of carbonyl (C=O) groups excluding carboxylic acids is 1. The van der Waals surface area contributed by atoms with Crippen LogP contribution in [-0.4, -0.2) is 54.9 Å². The Hall–Kier alpha value is -1.92. The van der Waals surface area contributed by atoms with Gasteiger partial charge in [-0.15, -0.1) is 0 Å². The van der Waals surface area contributed by atoms with Crippen LogP contribution in [0.15, 0.2) is 24.3 Å². The van der Waals surface area contributed by atoms with E-state index in [0.29, 0.717) is 26.2 Å². The molecular weight excluding hydrogens is 298 g/mol. The first-order valence-electron chi connectivity index (χ1n) is 7.82. The summed E-state index contributed by atoms with van der Waals surface area (Å²) in [5.41, 5.74) is 1.14. The number of carboxylic acids is 1. The summed E-state index contributed by atoms with van der Waals surface area (Å²) >= 11 is 0.